The van der Waals surface area contributed by atoms with Crippen LogP contribution in [0, 0.1) is 5.92 Å². The van der Waals surface area contributed by atoms with Crippen LogP contribution in [0.5, 0.6) is 0 Å². The lowest BCUT2D eigenvalue weighted by molar-refractivity contribution is -0.145. The van der Waals surface area contributed by atoms with Gasteiger partial charge in [-0.15, -0.1) is 0 Å². The van der Waals surface area contributed by atoms with Gasteiger partial charge in [0.25, 0.3) is 0 Å². The summed E-state index contributed by atoms with van der Waals surface area (Å²) in [5, 5.41) is 15.4. The lowest BCUT2D eigenvalue weighted by atomic mass is 9.97. The Bertz CT molecular complexity index is 424. The summed E-state index contributed by atoms with van der Waals surface area (Å²) in [5.41, 5.74) is 0. The highest BCUT2D eigenvalue weighted by Gasteiger charge is 2.26. The number of amides is 1. The van der Waals surface area contributed by atoms with Crippen LogP contribution in [0.15, 0.2) is 16.8 Å². The molecule has 0 saturated carbocycles. The maximum absolute atomic E-state index is 11.9. The highest BCUT2D eigenvalue weighted by atomic mass is 16.5. The van der Waals surface area contributed by atoms with Gasteiger partial charge in [-0.3, -0.25) is 9.59 Å². The molecule has 7 nitrogen and oxygen atoms in total. The van der Waals surface area contributed by atoms with E-state index in [-0.39, 0.29) is 18.4 Å². The molecule has 1 aliphatic heterocycles. The molecule has 0 aromatic carbocycles. The Balaban J connectivity index is 1.68. The molecule has 1 aliphatic rings. The molecule has 104 valence electrons. The smallest absolute Gasteiger partial charge is 0.306 e. The van der Waals surface area contributed by atoms with Gasteiger partial charge < -0.3 is 19.8 Å². The Morgan fingerprint density at radius 2 is 2.21 bits per heavy atom. The van der Waals surface area contributed by atoms with Crippen molar-refractivity contribution in [2.45, 2.75) is 19.4 Å². The second-order valence-electron chi connectivity index (χ2n) is 4.58. The second-order valence-corrected chi connectivity index (χ2v) is 4.58. The summed E-state index contributed by atoms with van der Waals surface area (Å²) >= 11 is 0. The first-order valence-corrected chi connectivity index (χ1v) is 6.27. The SMILES string of the molecule is O=C(O)C1CCN(C(=O)CNCc2ccno2)CC1. The first kappa shape index (κ1) is 13.5. The minimum absolute atomic E-state index is 0.0108. The van der Waals surface area contributed by atoms with Crippen molar-refractivity contribution < 1.29 is 19.2 Å². The molecule has 2 rings (SSSR count). The number of likely N-dealkylation sites (tertiary alicyclic amines) is 1. The summed E-state index contributed by atoms with van der Waals surface area (Å²) in [6, 6.07) is 1.73. The average Bonchev–Trinajstić information content (AvgIpc) is 2.92. The van der Waals surface area contributed by atoms with Crippen molar-refractivity contribution >= 4 is 11.9 Å². The van der Waals surface area contributed by atoms with E-state index < -0.39 is 5.97 Å². The first-order chi connectivity index (χ1) is 9.16. The average molecular weight is 267 g/mol. The van der Waals surface area contributed by atoms with E-state index >= 15 is 0 Å². The monoisotopic (exact) mass is 267 g/mol. The molecule has 0 radical (unpaired) electrons. The maximum Gasteiger partial charge on any atom is 0.306 e. The van der Waals surface area contributed by atoms with Gasteiger partial charge in [-0.05, 0) is 12.8 Å². The number of carboxylic acids is 1. The Hall–Kier alpha value is -1.89. The van der Waals surface area contributed by atoms with Crippen molar-refractivity contribution in [3.8, 4) is 0 Å². The van der Waals surface area contributed by atoms with Gasteiger partial charge in [0.15, 0.2) is 0 Å². The first-order valence-electron chi connectivity index (χ1n) is 6.27. The van der Waals surface area contributed by atoms with Gasteiger partial charge in [0.1, 0.15) is 5.76 Å². The zero-order valence-corrected chi connectivity index (χ0v) is 10.5. The van der Waals surface area contributed by atoms with E-state index in [9.17, 15) is 9.59 Å². The fourth-order valence-corrected chi connectivity index (χ4v) is 2.11. The summed E-state index contributed by atoms with van der Waals surface area (Å²) in [6.45, 7) is 1.70. The predicted molar refractivity (Wildman–Crippen MR) is 65.1 cm³/mol. The minimum atomic E-state index is -0.768. The fraction of sp³-hybridized carbons (Fsp3) is 0.583. The summed E-state index contributed by atoms with van der Waals surface area (Å²) < 4.78 is 4.90. The van der Waals surface area contributed by atoms with Crippen molar-refractivity contribution in [3.05, 3.63) is 18.0 Å². The number of piperidine rings is 1. The molecule has 1 aromatic heterocycles. The van der Waals surface area contributed by atoms with E-state index in [1.54, 1.807) is 17.2 Å². The number of aliphatic carboxylic acids is 1. The highest BCUT2D eigenvalue weighted by molar-refractivity contribution is 5.78. The number of nitrogens with zero attached hydrogens (tertiary/aromatic N) is 2. The zero-order valence-electron chi connectivity index (χ0n) is 10.5. The number of hydrogen-bond donors (Lipinski definition) is 2. The molecule has 0 spiro atoms. The van der Waals surface area contributed by atoms with Gasteiger partial charge in [-0.2, -0.15) is 0 Å². The van der Waals surface area contributed by atoms with Crippen LogP contribution in [0.1, 0.15) is 18.6 Å². The van der Waals surface area contributed by atoms with Gasteiger partial charge >= 0.3 is 5.97 Å². The van der Waals surface area contributed by atoms with Gasteiger partial charge in [0.2, 0.25) is 5.91 Å². The van der Waals surface area contributed by atoms with Crippen LogP contribution < -0.4 is 5.32 Å². The highest BCUT2D eigenvalue weighted by Crippen LogP contribution is 2.17. The molecule has 1 aromatic rings. The number of carbonyl (C=O) groups excluding carboxylic acids is 1. The van der Waals surface area contributed by atoms with Crippen LogP contribution in [-0.4, -0.2) is 46.7 Å². The largest absolute Gasteiger partial charge is 0.481 e. The summed E-state index contributed by atoms with van der Waals surface area (Å²) in [7, 11) is 0. The van der Waals surface area contributed by atoms with E-state index in [0.717, 1.165) is 0 Å². The molecule has 2 N–H and O–H groups in total. The van der Waals surface area contributed by atoms with Crippen LogP contribution in [-0.2, 0) is 16.1 Å². The Morgan fingerprint density at radius 1 is 1.47 bits per heavy atom. The third kappa shape index (κ3) is 3.78. The van der Waals surface area contributed by atoms with Gasteiger partial charge in [0, 0.05) is 19.2 Å². The van der Waals surface area contributed by atoms with Crippen LogP contribution in [0.4, 0.5) is 0 Å². The number of nitrogens with one attached hydrogen (secondary N) is 1. The molecular weight excluding hydrogens is 250 g/mol. The molecule has 0 bridgehead atoms. The molecular formula is C12H17N3O4. The van der Waals surface area contributed by atoms with Crippen molar-refractivity contribution in [1.82, 2.24) is 15.4 Å². The minimum Gasteiger partial charge on any atom is -0.481 e. The van der Waals surface area contributed by atoms with E-state index in [1.807, 2.05) is 0 Å². The van der Waals surface area contributed by atoms with Crippen molar-refractivity contribution in [3.63, 3.8) is 0 Å². The van der Waals surface area contributed by atoms with Crippen LogP contribution in [0.3, 0.4) is 0 Å². The van der Waals surface area contributed by atoms with E-state index in [1.165, 1.54) is 0 Å². The number of carboxylic acid groups (broad SMARTS) is 1. The van der Waals surface area contributed by atoms with Gasteiger partial charge in [0.05, 0.1) is 25.2 Å². The molecule has 0 atom stereocenters. The normalized spacial score (nSPS) is 16.5. The predicted octanol–water partition coefficient (Wildman–Crippen LogP) is 0.0874. The number of aromatic nitrogens is 1. The van der Waals surface area contributed by atoms with Crippen LogP contribution >= 0.6 is 0 Å². The lowest BCUT2D eigenvalue weighted by Crippen LogP contribution is -2.43. The van der Waals surface area contributed by atoms with E-state index in [2.05, 4.69) is 10.5 Å². The van der Waals surface area contributed by atoms with Gasteiger partial charge in [-0.25, -0.2) is 0 Å². The van der Waals surface area contributed by atoms with Crippen molar-refractivity contribution in [2.24, 2.45) is 5.92 Å². The summed E-state index contributed by atoms with van der Waals surface area (Å²) in [5.74, 6) is -0.414. The summed E-state index contributed by atoms with van der Waals surface area (Å²) in [6.07, 6.45) is 2.61. The van der Waals surface area contributed by atoms with Crippen LogP contribution in [0.2, 0.25) is 0 Å². The van der Waals surface area contributed by atoms with Gasteiger partial charge in [-0.1, -0.05) is 5.16 Å². The van der Waals surface area contributed by atoms with Crippen LogP contribution in [0.25, 0.3) is 0 Å². The fourth-order valence-electron chi connectivity index (χ4n) is 2.11. The molecule has 0 unspecified atom stereocenters. The molecule has 19 heavy (non-hydrogen) atoms. The van der Waals surface area contributed by atoms with E-state index in [4.69, 9.17) is 9.63 Å². The van der Waals surface area contributed by atoms with Crippen molar-refractivity contribution in [1.29, 1.82) is 0 Å². The molecule has 1 saturated heterocycles. The third-order valence-electron chi connectivity index (χ3n) is 3.26. The number of carbonyl (C=O) groups is 2. The topological polar surface area (TPSA) is 95.7 Å². The van der Waals surface area contributed by atoms with E-state index in [0.29, 0.717) is 38.2 Å². The lowest BCUT2D eigenvalue weighted by Gasteiger charge is -2.30. The standard InChI is InChI=1S/C12H17N3O4/c16-11(8-13-7-10-1-4-14-19-10)15-5-2-9(3-6-15)12(17)18/h1,4,9,13H,2-3,5-8H2,(H,17,18). The number of hydrogen-bond acceptors (Lipinski definition) is 5. The second kappa shape index (κ2) is 6.33. The molecule has 1 fully saturated rings. The molecule has 1 amide bonds. The zero-order chi connectivity index (χ0) is 13.7. The molecule has 0 aliphatic carbocycles. The quantitative estimate of drug-likeness (QED) is 0.785. The Morgan fingerprint density at radius 3 is 2.79 bits per heavy atom. The van der Waals surface area contributed by atoms with Crippen molar-refractivity contribution in [2.75, 3.05) is 19.6 Å². The Kier molecular flexibility index (Phi) is 4.51. The third-order valence-corrected chi connectivity index (χ3v) is 3.26. The summed E-state index contributed by atoms with van der Waals surface area (Å²) in [4.78, 5) is 24.4. The Labute approximate surface area is 110 Å². The molecule has 7 heteroatoms. The molecule has 2 heterocycles. The maximum atomic E-state index is 11.9. The number of rotatable bonds is 5.